The predicted octanol–water partition coefficient (Wildman–Crippen LogP) is 2.52. The van der Waals surface area contributed by atoms with Gasteiger partial charge in [-0.25, -0.2) is 0 Å². The van der Waals surface area contributed by atoms with Gasteiger partial charge >= 0.3 is 0 Å². The Kier molecular flexibility index (Phi) is 4.41. The highest BCUT2D eigenvalue weighted by Crippen LogP contribution is 2.17. The van der Waals surface area contributed by atoms with Crippen molar-refractivity contribution >= 4 is 0 Å². The molecule has 1 aromatic rings. The van der Waals surface area contributed by atoms with E-state index in [9.17, 15) is 0 Å². The monoisotopic (exact) mass is 246 g/mol. The average Bonchev–Trinajstić information content (AvgIpc) is 2.70. The van der Waals surface area contributed by atoms with Crippen molar-refractivity contribution < 1.29 is 0 Å². The lowest BCUT2D eigenvalue weighted by Gasteiger charge is -2.17. The van der Waals surface area contributed by atoms with E-state index in [1.54, 1.807) is 0 Å². The third kappa shape index (κ3) is 3.82. The number of aryl methyl sites for hydroxylation is 1. The van der Waals surface area contributed by atoms with Crippen LogP contribution >= 0.6 is 0 Å². The van der Waals surface area contributed by atoms with Gasteiger partial charge in [0.1, 0.15) is 0 Å². The van der Waals surface area contributed by atoms with Crippen LogP contribution in [0.3, 0.4) is 0 Å². The highest BCUT2D eigenvalue weighted by atomic mass is 15.1. The standard InChI is InChI=1S/C16H26N2/c1-4-13-5-7-14(8-6-13)9-10-17-15-11-16(2,3)18-12-15/h5-8,15,17-18H,4,9-12H2,1-3H3. The molecule has 1 aliphatic heterocycles. The highest BCUT2D eigenvalue weighted by molar-refractivity contribution is 5.22. The molecule has 1 aliphatic rings. The van der Waals surface area contributed by atoms with Gasteiger partial charge in [0.25, 0.3) is 0 Å². The van der Waals surface area contributed by atoms with Gasteiger partial charge in [0.05, 0.1) is 0 Å². The summed E-state index contributed by atoms with van der Waals surface area (Å²) in [4.78, 5) is 0. The number of benzene rings is 1. The summed E-state index contributed by atoms with van der Waals surface area (Å²) in [5.74, 6) is 0. The average molecular weight is 246 g/mol. The van der Waals surface area contributed by atoms with E-state index in [2.05, 4.69) is 55.7 Å². The summed E-state index contributed by atoms with van der Waals surface area (Å²) in [7, 11) is 0. The second-order valence-electron chi connectivity index (χ2n) is 6.04. The van der Waals surface area contributed by atoms with Gasteiger partial charge in [-0.1, -0.05) is 31.2 Å². The fourth-order valence-electron chi connectivity index (χ4n) is 2.67. The predicted molar refractivity (Wildman–Crippen MR) is 78.0 cm³/mol. The summed E-state index contributed by atoms with van der Waals surface area (Å²) in [6, 6.07) is 9.65. The maximum Gasteiger partial charge on any atom is 0.0210 e. The fraction of sp³-hybridized carbons (Fsp3) is 0.625. The summed E-state index contributed by atoms with van der Waals surface area (Å²) in [5, 5.41) is 7.20. The minimum absolute atomic E-state index is 0.306. The molecule has 2 nitrogen and oxygen atoms in total. The first-order chi connectivity index (χ1) is 8.59. The van der Waals surface area contributed by atoms with E-state index in [4.69, 9.17) is 0 Å². The van der Waals surface area contributed by atoms with Crippen LogP contribution in [0, 0.1) is 0 Å². The zero-order chi connectivity index (χ0) is 13.0. The van der Waals surface area contributed by atoms with Gasteiger partial charge in [-0.05, 0) is 50.8 Å². The quantitative estimate of drug-likeness (QED) is 0.834. The lowest BCUT2D eigenvalue weighted by Crippen LogP contribution is -2.32. The lowest BCUT2D eigenvalue weighted by atomic mass is 10.0. The Morgan fingerprint density at radius 2 is 1.89 bits per heavy atom. The Balaban J connectivity index is 1.72. The molecule has 1 fully saturated rings. The third-order valence-corrected chi connectivity index (χ3v) is 3.86. The number of rotatable bonds is 5. The smallest absolute Gasteiger partial charge is 0.0210 e. The van der Waals surface area contributed by atoms with Crippen LogP contribution in [-0.4, -0.2) is 24.7 Å². The fourth-order valence-corrected chi connectivity index (χ4v) is 2.67. The molecule has 1 atom stereocenters. The maximum absolute atomic E-state index is 3.65. The second kappa shape index (κ2) is 5.85. The van der Waals surface area contributed by atoms with Gasteiger partial charge in [0.15, 0.2) is 0 Å². The van der Waals surface area contributed by atoms with E-state index in [-0.39, 0.29) is 0 Å². The van der Waals surface area contributed by atoms with Crippen LogP contribution < -0.4 is 10.6 Å². The lowest BCUT2D eigenvalue weighted by molar-refractivity contribution is 0.443. The third-order valence-electron chi connectivity index (χ3n) is 3.86. The van der Waals surface area contributed by atoms with Crippen molar-refractivity contribution in [3.05, 3.63) is 35.4 Å². The minimum atomic E-state index is 0.306. The van der Waals surface area contributed by atoms with Crippen molar-refractivity contribution in [3.8, 4) is 0 Å². The molecule has 0 amide bonds. The molecule has 18 heavy (non-hydrogen) atoms. The first kappa shape index (κ1) is 13.6. The Hall–Kier alpha value is -0.860. The summed E-state index contributed by atoms with van der Waals surface area (Å²) >= 11 is 0. The Morgan fingerprint density at radius 3 is 2.44 bits per heavy atom. The van der Waals surface area contributed by atoms with E-state index >= 15 is 0 Å². The molecular formula is C16H26N2. The van der Waals surface area contributed by atoms with E-state index in [0.717, 1.165) is 25.9 Å². The molecule has 2 rings (SSSR count). The van der Waals surface area contributed by atoms with Crippen LogP contribution in [0.25, 0.3) is 0 Å². The molecule has 0 radical (unpaired) electrons. The van der Waals surface area contributed by atoms with Crippen LogP contribution in [-0.2, 0) is 12.8 Å². The van der Waals surface area contributed by atoms with Crippen molar-refractivity contribution in [1.29, 1.82) is 0 Å². The van der Waals surface area contributed by atoms with Gasteiger partial charge < -0.3 is 10.6 Å². The van der Waals surface area contributed by atoms with Crippen LogP contribution in [0.15, 0.2) is 24.3 Å². The maximum atomic E-state index is 3.65. The molecule has 2 N–H and O–H groups in total. The van der Waals surface area contributed by atoms with E-state index in [1.165, 1.54) is 17.5 Å². The van der Waals surface area contributed by atoms with Gasteiger partial charge in [0.2, 0.25) is 0 Å². The Bertz CT molecular complexity index is 367. The van der Waals surface area contributed by atoms with Gasteiger partial charge in [0, 0.05) is 18.1 Å². The van der Waals surface area contributed by atoms with Gasteiger partial charge in [-0.15, -0.1) is 0 Å². The molecule has 1 unspecified atom stereocenters. The molecule has 0 aliphatic carbocycles. The van der Waals surface area contributed by atoms with Crippen LogP contribution in [0.5, 0.6) is 0 Å². The van der Waals surface area contributed by atoms with Crippen molar-refractivity contribution in [2.45, 2.75) is 51.6 Å². The van der Waals surface area contributed by atoms with Crippen molar-refractivity contribution in [1.82, 2.24) is 10.6 Å². The zero-order valence-electron chi connectivity index (χ0n) is 11.9. The molecule has 0 spiro atoms. The van der Waals surface area contributed by atoms with Crippen LogP contribution in [0.1, 0.15) is 38.3 Å². The Labute approximate surface area is 111 Å². The van der Waals surface area contributed by atoms with Crippen molar-refractivity contribution in [2.24, 2.45) is 0 Å². The summed E-state index contributed by atoms with van der Waals surface area (Å²) in [6.45, 7) is 8.93. The molecule has 1 aromatic carbocycles. The molecular weight excluding hydrogens is 220 g/mol. The second-order valence-corrected chi connectivity index (χ2v) is 6.04. The summed E-state index contributed by atoms with van der Waals surface area (Å²) in [6.07, 6.45) is 3.48. The molecule has 0 saturated carbocycles. The largest absolute Gasteiger partial charge is 0.312 e. The van der Waals surface area contributed by atoms with Gasteiger partial charge in [-0.2, -0.15) is 0 Å². The van der Waals surface area contributed by atoms with Crippen molar-refractivity contribution in [2.75, 3.05) is 13.1 Å². The SMILES string of the molecule is CCc1ccc(CCNC2CNC(C)(C)C2)cc1. The van der Waals surface area contributed by atoms with Crippen LogP contribution in [0.4, 0.5) is 0 Å². The number of nitrogens with one attached hydrogen (secondary N) is 2. The zero-order valence-corrected chi connectivity index (χ0v) is 11.9. The number of hydrogen-bond acceptors (Lipinski definition) is 2. The van der Waals surface area contributed by atoms with Gasteiger partial charge in [-0.3, -0.25) is 0 Å². The van der Waals surface area contributed by atoms with Crippen LogP contribution in [0.2, 0.25) is 0 Å². The molecule has 1 heterocycles. The van der Waals surface area contributed by atoms with E-state index < -0.39 is 0 Å². The normalized spacial score (nSPS) is 22.3. The van der Waals surface area contributed by atoms with E-state index in [0.29, 0.717) is 11.6 Å². The molecule has 2 heteroatoms. The number of hydrogen-bond donors (Lipinski definition) is 2. The molecule has 0 aromatic heterocycles. The first-order valence-corrected chi connectivity index (χ1v) is 7.15. The molecule has 100 valence electrons. The summed E-state index contributed by atoms with van der Waals surface area (Å²) < 4.78 is 0. The molecule has 0 bridgehead atoms. The molecule has 1 saturated heterocycles. The minimum Gasteiger partial charge on any atom is -0.312 e. The topological polar surface area (TPSA) is 24.1 Å². The first-order valence-electron chi connectivity index (χ1n) is 7.15. The Morgan fingerprint density at radius 1 is 1.22 bits per heavy atom. The summed E-state index contributed by atoms with van der Waals surface area (Å²) in [5.41, 5.74) is 3.17. The van der Waals surface area contributed by atoms with Crippen molar-refractivity contribution in [3.63, 3.8) is 0 Å². The van der Waals surface area contributed by atoms with E-state index in [1.807, 2.05) is 0 Å². The highest BCUT2D eigenvalue weighted by Gasteiger charge is 2.29.